The number of nitrogens with zero attached hydrogens (tertiary/aromatic N) is 2. The zero-order chi connectivity index (χ0) is 14.2. The lowest BCUT2D eigenvalue weighted by Gasteiger charge is -2.14. The Morgan fingerprint density at radius 1 is 1.63 bits per heavy atom. The van der Waals surface area contributed by atoms with Crippen LogP contribution >= 0.6 is 0 Å². The number of aromatic nitrogens is 2. The molecule has 0 spiro atoms. The second kappa shape index (κ2) is 4.93. The molecule has 2 rings (SSSR count). The van der Waals surface area contributed by atoms with Crippen molar-refractivity contribution in [3.05, 3.63) is 11.8 Å². The van der Waals surface area contributed by atoms with Crippen molar-refractivity contribution in [2.24, 2.45) is 5.73 Å². The molecule has 8 heteroatoms. The van der Waals surface area contributed by atoms with E-state index in [0.29, 0.717) is 12.2 Å². The third kappa shape index (κ3) is 3.13. The molecule has 19 heavy (non-hydrogen) atoms. The van der Waals surface area contributed by atoms with Gasteiger partial charge in [-0.25, -0.2) is 13.1 Å². The summed E-state index contributed by atoms with van der Waals surface area (Å²) in [5, 5.41) is 6.94. The Morgan fingerprint density at radius 2 is 2.32 bits per heavy atom. The maximum Gasteiger partial charge on any atom is 0.242 e. The molecule has 1 amide bonds. The van der Waals surface area contributed by atoms with E-state index >= 15 is 0 Å². The fourth-order valence-corrected chi connectivity index (χ4v) is 3.79. The van der Waals surface area contributed by atoms with Gasteiger partial charge in [0.1, 0.15) is 5.82 Å². The number of nitrogens with two attached hydrogens (primary N) is 1. The molecule has 0 aliphatic carbocycles. The molecule has 106 valence electrons. The van der Waals surface area contributed by atoms with E-state index in [1.807, 2.05) is 0 Å². The lowest BCUT2D eigenvalue weighted by atomic mass is 10.2. The Bertz CT molecular complexity index is 591. The third-order valence-corrected chi connectivity index (χ3v) is 4.83. The van der Waals surface area contributed by atoms with Crippen LogP contribution < -0.4 is 11.1 Å². The van der Waals surface area contributed by atoms with Gasteiger partial charge < -0.3 is 11.1 Å². The van der Waals surface area contributed by atoms with Crippen molar-refractivity contribution in [3.8, 4) is 0 Å². The molecule has 1 fully saturated rings. The lowest BCUT2D eigenvalue weighted by molar-refractivity contribution is -0.117. The standard InChI is InChI=1S/C11H18N4O3S/c1-7-5-10(13-11(16)8(2)12)15(14-7)9-3-4-19(17,18)6-9/h5,8-9H,3-4,6,12H2,1-2H3,(H,13,16)/t8-,9-/m0/s1. The molecule has 3 N–H and O–H groups in total. The minimum absolute atomic E-state index is 0.0647. The summed E-state index contributed by atoms with van der Waals surface area (Å²) in [6.07, 6.45) is 0.518. The summed E-state index contributed by atoms with van der Waals surface area (Å²) in [5.74, 6) is 0.413. The first-order valence-electron chi connectivity index (χ1n) is 6.11. The normalized spacial score (nSPS) is 23.2. The van der Waals surface area contributed by atoms with Gasteiger partial charge in [0.2, 0.25) is 5.91 Å². The van der Waals surface area contributed by atoms with E-state index < -0.39 is 15.9 Å². The highest BCUT2D eigenvalue weighted by Crippen LogP contribution is 2.27. The molecule has 1 saturated heterocycles. The van der Waals surface area contributed by atoms with Crippen molar-refractivity contribution >= 4 is 21.6 Å². The molecular weight excluding hydrogens is 268 g/mol. The predicted octanol–water partition coefficient (Wildman–Crippen LogP) is -0.163. The molecule has 0 unspecified atom stereocenters. The number of hydrogen-bond acceptors (Lipinski definition) is 5. The molecule has 0 radical (unpaired) electrons. The molecule has 7 nitrogen and oxygen atoms in total. The first kappa shape index (κ1) is 14.0. The molecule has 1 aromatic heterocycles. The summed E-state index contributed by atoms with van der Waals surface area (Å²) in [5.41, 5.74) is 6.23. The Balaban J connectivity index is 2.24. The number of nitrogens with one attached hydrogen (secondary N) is 1. The van der Waals surface area contributed by atoms with E-state index in [1.165, 1.54) is 0 Å². The van der Waals surface area contributed by atoms with Gasteiger partial charge in [-0.1, -0.05) is 0 Å². The van der Waals surface area contributed by atoms with Crippen LogP contribution in [0, 0.1) is 6.92 Å². The molecule has 1 aliphatic heterocycles. The van der Waals surface area contributed by atoms with Gasteiger partial charge in [0.15, 0.2) is 9.84 Å². The monoisotopic (exact) mass is 286 g/mol. The van der Waals surface area contributed by atoms with Gasteiger partial charge in [0, 0.05) is 6.07 Å². The average Bonchev–Trinajstić information content (AvgIpc) is 2.81. The summed E-state index contributed by atoms with van der Waals surface area (Å²) in [7, 11) is -2.99. The Kier molecular flexibility index (Phi) is 3.64. The SMILES string of the molecule is Cc1cc(NC(=O)[C@H](C)N)n([C@H]2CCS(=O)(=O)C2)n1. The molecule has 2 heterocycles. The van der Waals surface area contributed by atoms with E-state index in [-0.39, 0.29) is 23.5 Å². The van der Waals surface area contributed by atoms with E-state index in [9.17, 15) is 13.2 Å². The third-order valence-electron chi connectivity index (χ3n) is 3.08. The van der Waals surface area contributed by atoms with Crippen LogP contribution in [0.3, 0.4) is 0 Å². The number of carbonyl (C=O) groups excluding carboxylic acids is 1. The van der Waals surface area contributed by atoms with E-state index in [0.717, 1.165) is 5.69 Å². The minimum Gasteiger partial charge on any atom is -0.320 e. The van der Waals surface area contributed by atoms with Crippen molar-refractivity contribution < 1.29 is 13.2 Å². The first-order chi connectivity index (χ1) is 8.78. The molecule has 0 bridgehead atoms. The van der Waals surface area contributed by atoms with Gasteiger partial charge in [0.25, 0.3) is 0 Å². The summed E-state index contributed by atoms with van der Waals surface area (Å²) < 4.78 is 24.6. The second-order valence-corrected chi connectivity index (χ2v) is 7.18. The number of anilines is 1. The van der Waals surface area contributed by atoms with Gasteiger partial charge in [-0.2, -0.15) is 5.10 Å². The molecule has 0 saturated carbocycles. The number of amides is 1. The Labute approximate surface area is 112 Å². The van der Waals surface area contributed by atoms with Crippen molar-refractivity contribution in [2.75, 3.05) is 16.8 Å². The maximum atomic E-state index is 11.6. The number of carbonyl (C=O) groups is 1. The highest BCUT2D eigenvalue weighted by molar-refractivity contribution is 7.91. The van der Waals surface area contributed by atoms with Crippen LogP contribution in [0.1, 0.15) is 25.1 Å². The molecule has 2 atom stereocenters. The van der Waals surface area contributed by atoms with Crippen molar-refractivity contribution in [3.63, 3.8) is 0 Å². The largest absolute Gasteiger partial charge is 0.320 e. The molecule has 0 aromatic carbocycles. The van der Waals surface area contributed by atoms with Crippen molar-refractivity contribution in [1.29, 1.82) is 0 Å². The van der Waals surface area contributed by atoms with Gasteiger partial charge in [-0.3, -0.25) is 4.79 Å². The molecule has 1 aliphatic rings. The number of hydrogen-bond donors (Lipinski definition) is 2. The van der Waals surface area contributed by atoms with Crippen LogP contribution in [0.5, 0.6) is 0 Å². The lowest BCUT2D eigenvalue weighted by Crippen LogP contribution is -2.33. The van der Waals surface area contributed by atoms with Crippen molar-refractivity contribution in [1.82, 2.24) is 9.78 Å². The Morgan fingerprint density at radius 3 is 2.84 bits per heavy atom. The van der Waals surface area contributed by atoms with E-state index in [2.05, 4.69) is 10.4 Å². The van der Waals surface area contributed by atoms with Crippen LogP contribution in [0.4, 0.5) is 5.82 Å². The predicted molar refractivity (Wildman–Crippen MR) is 71.6 cm³/mol. The zero-order valence-electron chi connectivity index (χ0n) is 11.0. The summed E-state index contributed by atoms with van der Waals surface area (Å²) in [4.78, 5) is 11.6. The van der Waals surface area contributed by atoms with Crippen LogP contribution in [0.15, 0.2) is 6.07 Å². The van der Waals surface area contributed by atoms with Gasteiger partial charge in [0.05, 0.1) is 29.3 Å². The molecular formula is C11H18N4O3S. The second-order valence-electron chi connectivity index (χ2n) is 4.95. The topological polar surface area (TPSA) is 107 Å². The zero-order valence-corrected chi connectivity index (χ0v) is 11.8. The van der Waals surface area contributed by atoms with Crippen LogP contribution in [-0.4, -0.2) is 41.7 Å². The Hall–Kier alpha value is -1.41. The van der Waals surface area contributed by atoms with E-state index in [4.69, 9.17) is 5.73 Å². The molecule has 1 aromatic rings. The van der Waals surface area contributed by atoms with E-state index in [1.54, 1.807) is 24.6 Å². The maximum absolute atomic E-state index is 11.6. The first-order valence-corrected chi connectivity index (χ1v) is 7.93. The quantitative estimate of drug-likeness (QED) is 0.802. The summed E-state index contributed by atoms with van der Waals surface area (Å²) >= 11 is 0. The van der Waals surface area contributed by atoms with Gasteiger partial charge >= 0.3 is 0 Å². The fraction of sp³-hybridized carbons (Fsp3) is 0.636. The summed E-state index contributed by atoms with van der Waals surface area (Å²) in [6.45, 7) is 3.38. The van der Waals surface area contributed by atoms with Crippen LogP contribution in [0.25, 0.3) is 0 Å². The summed E-state index contributed by atoms with van der Waals surface area (Å²) in [6, 6.07) is 0.864. The smallest absolute Gasteiger partial charge is 0.242 e. The number of rotatable bonds is 3. The number of aryl methyl sites for hydroxylation is 1. The fourth-order valence-electron chi connectivity index (χ4n) is 2.10. The highest BCUT2D eigenvalue weighted by Gasteiger charge is 2.31. The van der Waals surface area contributed by atoms with Crippen molar-refractivity contribution in [2.45, 2.75) is 32.4 Å². The highest BCUT2D eigenvalue weighted by atomic mass is 32.2. The number of sulfone groups is 1. The minimum atomic E-state index is -2.99. The van der Waals surface area contributed by atoms with Crippen LogP contribution in [-0.2, 0) is 14.6 Å². The van der Waals surface area contributed by atoms with Gasteiger partial charge in [-0.15, -0.1) is 0 Å². The van der Waals surface area contributed by atoms with Crippen LogP contribution in [0.2, 0.25) is 0 Å². The van der Waals surface area contributed by atoms with Gasteiger partial charge in [-0.05, 0) is 20.3 Å². The average molecular weight is 286 g/mol.